The van der Waals surface area contributed by atoms with Crippen LogP contribution in [-0.2, 0) is 0 Å². The molecule has 0 radical (unpaired) electrons. The van der Waals surface area contributed by atoms with Gasteiger partial charge in [-0.15, -0.1) is 0 Å². The predicted octanol–water partition coefficient (Wildman–Crippen LogP) is 2.92. The first-order valence-corrected chi connectivity index (χ1v) is 6.14. The van der Waals surface area contributed by atoms with Crippen LogP contribution in [0.25, 0.3) is 0 Å². The highest BCUT2D eigenvalue weighted by Crippen LogP contribution is 2.28. The van der Waals surface area contributed by atoms with E-state index in [2.05, 4.69) is 0 Å². The molecule has 1 saturated carbocycles. The van der Waals surface area contributed by atoms with Gasteiger partial charge in [-0.1, -0.05) is 31.0 Å². The molecular formula is C14H20O2. The number of ether oxygens (including phenoxy) is 1. The molecule has 0 aromatic heterocycles. The molecule has 1 aromatic rings. The van der Waals surface area contributed by atoms with Crippen LogP contribution in [0.4, 0.5) is 0 Å². The van der Waals surface area contributed by atoms with Crippen LogP contribution in [-0.4, -0.2) is 17.8 Å². The summed E-state index contributed by atoms with van der Waals surface area (Å²) in [6.07, 6.45) is 4.51. The number of aryl methyl sites for hydroxylation is 1. The van der Waals surface area contributed by atoms with Gasteiger partial charge < -0.3 is 9.84 Å². The summed E-state index contributed by atoms with van der Waals surface area (Å²) in [7, 11) is 0. The summed E-state index contributed by atoms with van der Waals surface area (Å²) in [5, 5.41) is 9.98. The Morgan fingerprint density at radius 3 is 2.69 bits per heavy atom. The minimum Gasteiger partial charge on any atom is -0.491 e. The molecular weight excluding hydrogens is 200 g/mol. The minimum absolute atomic E-state index is 0.304. The molecule has 1 aliphatic rings. The molecule has 2 rings (SSSR count). The smallest absolute Gasteiger partial charge is 0.122 e. The highest BCUT2D eigenvalue weighted by Gasteiger charge is 2.23. The van der Waals surface area contributed by atoms with Crippen LogP contribution in [0.5, 0.6) is 5.75 Å². The number of hydrogen-bond donors (Lipinski definition) is 1. The molecule has 16 heavy (non-hydrogen) atoms. The molecule has 1 aromatic carbocycles. The summed E-state index contributed by atoms with van der Waals surface area (Å²) in [5.74, 6) is 1.34. The fourth-order valence-electron chi connectivity index (χ4n) is 2.37. The lowest BCUT2D eigenvalue weighted by molar-refractivity contribution is 0.0591. The molecule has 0 spiro atoms. The normalized spacial score (nSPS) is 18.6. The molecule has 88 valence electrons. The summed E-state index contributed by atoms with van der Waals surface area (Å²) in [6.45, 7) is 2.45. The Kier molecular flexibility index (Phi) is 3.83. The first-order valence-electron chi connectivity index (χ1n) is 6.14. The molecule has 1 unspecified atom stereocenters. The van der Waals surface area contributed by atoms with Crippen molar-refractivity contribution >= 4 is 0 Å². The Balaban J connectivity index is 1.84. The zero-order valence-electron chi connectivity index (χ0n) is 9.86. The van der Waals surface area contributed by atoms with Crippen molar-refractivity contribution in [3.63, 3.8) is 0 Å². The number of aliphatic hydroxyl groups is 1. The fraction of sp³-hybridized carbons (Fsp3) is 0.571. The predicted molar refractivity (Wildman–Crippen MR) is 64.6 cm³/mol. The summed E-state index contributed by atoms with van der Waals surface area (Å²) < 4.78 is 5.66. The van der Waals surface area contributed by atoms with Crippen LogP contribution in [0.3, 0.4) is 0 Å². The molecule has 1 fully saturated rings. The number of hydrogen-bond acceptors (Lipinski definition) is 2. The summed E-state index contributed by atoms with van der Waals surface area (Å²) >= 11 is 0. The largest absolute Gasteiger partial charge is 0.491 e. The summed E-state index contributed by atoms with van der Waals surface area (Å²) in [6, 6.07) is 7.94. The summed E-state index contributed by atoms with van der Waals surface area (Å²) in [5.41, 5.74) is 1.13. The molecule has 1 atom stereocenters. The first kappa shape index (κ1) is 11.5. The number of para-hydroxylation sites is 1. The van der Waals surface area contributed by atoms with E-state index >= 15 is 0 Å². The average molecular weight is 220 g/mol. The maximum absolute atomic E-state index is 9.98. The van der Waals surface area contributed by atoms with E-state index in [9.17, 15) is 5.11 Å². The fourth-order valence-corrected chi connectivity index (χ4v) is 2.37. The van der Waals surface area contributed by atoms with Crippen molar-refractivity contribution in [3.05, 3.63) is 29.8 Å². The highest BCUT2D eigenvalue weighted by molar-refractivity contribution is 5.31. The molecule has 0 aliphatic heterocycles. The molecule has 1 aliphatic carbocycles. The van der Waals surface area contributed by atoms with Gasteiger partial charge in [0, 0.05) is 0 Å². The minimum atomic E-state index is -0.304. The van der Waals surface area contributed by atoms with E-state index in [0.717, 1.165) is 24.2 Å². The van der Waals surface area contributed by atoms with Crippen LogP contribution < -0.4 is 4.74 Å². The van der Waals surface area contributed by atoms with Gasteiger partial charge in [0.25, 0.3) is 0 Å². The Bertz CT molecular complexity index is 329. The SMILES string of the molecule is Cc1ccccc1OCC(O)C1CCCC1. The molecule has 0 amide bonds. The Labute approximate surface area is 97.3 Å². The Morgan fingerprint density at radius 2 is 2.00 bits per heavy atom. The lowest BCUT2D eigenvalue weighted by Crippen LogP contribution is -2.25. The van der Waals surface area contributed by atoms with Gasteiger partial charge in [-0.3, -0.25) is 0 Å². The van der Waals surface area contributed by atoms with Crippen molar-refractivity contribution in [1.29, 1.82) is 0 Å². The summed E-state index contributed by atoms with van der Waals surface area (Å²) in [4.78, 5) is 0. The molecule has 1 N–H and O–H groups in total. The second kappa shape index (κ2) is 5.35. The standard InChI is InChI=1S/C14H20O2/c1-11-6-2-5-9-14(11)16-10-13(15)12-7-3-4-8-12/h2,5-6,9,12-13,15H,3-4,7-8,10H2,1H3. The number of benzene rings is 1. The molecule has 0 heterocycles. The maximum atomic E-state index is 9.98. The molecule has 2 nitrogen and oxygen atoms in total. The number of rotatable bonds is 4. The van der Waals surface area contributed by atoms with Gasteiger partial charge in [-0.05, 0) is 37.3 Å². The Morgan fingerprint density at radius 1 is 1.31 bits per heavy atom. The second-order valence-corrected chi connectivity index (χ2v) is 4.69. The average Bonchev–Trinajstić information content (AvgIpc) is 2.81. The van der Waals surface area contributed by atoms with E-state index in [-0.39, 0.29) is 6.10 Å². The van der Waals surface area contributed by atoms with E-state index < -0.39 is 0 Å². The van der Waals surface area contributed by atoms with Gasteiger partial charge in [0.1, 0.15) is 12.4 Å². The van der Waals surface area contributed by atoms with Crippen molar-refractivity contribution in [2.75, 3.05) is 6.61 Å². The lowest BCUT2D eigenvalue weighted by Gasteiger charge is -2.18. The maximum Gasteiger partial charge on any atom is 0.122 e. The van der Waals surface area contributed by atoms with Crippen molar-refractivity contribution < 1.29 is 9.84 Å². The third-order valence-electron chi connectivity index (χ3n) is 3.45. The van der Waals surface area contributed by atoms with Gasteiger partial charge in [-0.25, -0.2) is 0 Å². The van der Waals surface area contributed by atoms with Gasteiger partial charge >= 0.3 is 0 Å². The second-order valence-electron chi connectivity index (χ2n) is 4.69. The zero-order chi connectivity index (χ0) is 11.4. The zero-order valence-corrected chi connectivity index (χ0v) is 9.86. The first-order chi connectivity index (χ1) is 7.77. The van der Waals surface area contributed by atoms with Gasteiger partial charge in [-0.2, -0.15) is 0 Å². The molecule has 0 bridgehead atoms. The van der Waals surface area contributed by atoms with E-state index in [1.807, 2.05) is 31.2 Å². The van der Waals surface area contributed by atoms with Crippen molar-refractivity contribution in [2.45, 2.75) is 38.7 Å². The lowest BCUT2D eigenvalue weighted by atomic mass is 10.0. The highest BCUT2D eigenvalue weighted by atomic mass is 16.5. The molecule has 2 heteroatoms. The third-order valence-corrected chi connectivity index (χ3v) is 3.45. The Hall–Kier alpha value is -1.02. The van der Waals surface area contributed by atoms with E-state index in [4.69, 9.17) is 4.74 Å². The van der Waals surface area contributed by atoms with Gasteiger partial charge in [0.15, 0.2) is 0 Å². The van der Waals surface area contributed by atoms with E-state index in [0.29, 0.717) is 12.5 Å². The van der Waals surface area contributed by atoms with E-state index in [1.165, 1.54) is 12.8 Å². The topological polar surface area (TPSA) is 29.5 Å². The third kappa shape index (κ3) is 2.76. The monoisotopic (exact) mass is 220 g/mol. The van der Waals surface area contributed by atoms with Crippen LogP contribution in [0.1, 0.15) is 31.2 Å². The van der Waals surface area contributed by atoms with Gasteiger partial charge in [0.05, 0.1) is 6.10 Å². The van der Waals surface area contributed by atoms with Crippen molar-refractivity contribution in [2.24, 2.45) is 5.92 Å². The molecule has 0 saturated heterocycles. The van der Waals surface area contributed by atoms with E-state index in [1.54, 1.807) is 0 Å². The van der Waals surface area contributed by atoms with Crippen LogP contribution in [0, 0.1) is 12.8 Å². The van der Waals surface area contributed by atoms with Crippen LogP contribution >= 0.6 is 0 Å². The van der Waals surface area contributed by atoms with Crippen LogP contribution in [0.15, 0.2) is 24.3 Å². The van der Waals surface area contributed by atoms with Crippen molar-refractivity contribution in [1.82, 2.24) is 0 Å². The van der Waals surface area contributed by atoms with Gasteiger partial charge in [0.2, 0.25) is 0 Å². The number of aliphatic hydroxyl groups excluding tert-OH is 1. The van der Waals surface area contributed by atoms with Crippen molar-refractivity contribution in [3.8, 4) is 5.75 Å². The van der Waals surface area contributed by atoms with Crippen LogP contribution in [0.2, 0.25) is 0 Å². The quantitative estimate of drug-likeness (QED) is 0.845.